The highest BCUT2D eigenvalue weighted by Gasteiger charge is 2.11. The van der Waals surface area contributed by atoms with Gasteiger partial charge in [0.05, 0.1) is 6.10 Å². The summed E-state index contributed by atoms with van der Waals surface area (Å²) in [7, 11) is 0. The van der Waals surface area contributed by atoms with Crippen molar-refractivity contribution in [1.29, 1.82) is 0 Å². The zero-order valence-corrected chi connectivity index (χ0v) is 11.5. The van der Waals surface area contributed by atoms with E-state index in [-0.39, 0.29) is 0 Å². The molecule has 1 N–H and O–H groups in total. The molecule has 1 atom stereocenters. The highest BCUT2D eigenvalue weighted by molar-refractivity contribution is 9.10. The van der Waals surface area contributed by atoms with Gasteiger partial charge in [-0.25, -0.2) is 0 Å². The molecule has 1 aromatic carbocycles. The molecule has 0 amide bonds. The number of rotatable bonds is 3. The monoisotopic (exact) mass is 300 g/mol. The Balaban J connectivity index is 3.07. The Kier molecular flexibility index (Phi) is 5.90. The average molecular weight is 302 g/mol. The van der Waals surface area contributed by atoms with Crippen LogP contribution in [-0.2, 0) is 0 Å². The first kappa shape index (κ1) is 13.6. The van der Waals surface area contributed by atoms with E-state index in [1.54, 1.807) is 0 Å². The van der Waals surface area contributed by atoms with E-state index in [0.717, 1.165) is 22.0 Å². The molecule has 1 aromatic rings. The van der Waals surface area contributed by atoms with Crippen LogP contribution in [0.3, 0.4) is 0 Å². The van der Waals surface area contributed by atoms with Crippen LogP contribution in [0.5, 0.6) is 0 Å². The summed E-state index contributed by atoms with van der Waals surface area (Å²) in [6.07, 6.45) is 0.802. The van der Waals surface area contributed by atoms with Crippen molar-refractivity contribution < 1.29 is 5.11 Å². The maximum Gasteiger partial charge on any atom is 0.0813 e. The van der Waals surface area contributed by atoms with Gasteiger partial charge in [-0.15, -0.1) is 11.6 Å². The molecule has 3 heteroatoms. The molecule has 0 saturated carbocycles. The summed E-state index contributed by atoms with van der Waals surface area (Å²) in [6, 6.07) is 5.74. The van der Waals surface area contributed by atoms with Crippen molar-refractivity contribution in [3.05, 3.63) is 33.8 Å². The molecule has 0 aliphatic rings. The minimum Gasteiger partial charge on any atom is -0.388 e. The number of hydrogen-bond donors (Lipinski definition) is 1. The van der Waals surface area contributed by atoms with Crippen LogP contribution in [0.15, 0.2) is 22.7 Å². The Morgan fingerprint density at radius 3 is 2.88 bits per heavy atom. The molecule has 0 bridgehead atoms. The van der Waals surface area contributed by atoms with E-state index in [9.17, 15) is 5.11 Å². The van der Waals surface area contributed by atoms with E-state index in [1.165, 1.54) is 0 Å². The summed E-state index contributed by atoms with van der Waals surface area (Å²) in [6.45, 7) is 2.00. The van der Waals surface area contributed by atoms with E-state index >= 15 is 0 Å². The second-order valence-corrected chi connectivity index (χ2v) is 4.67. The lowest BCUT2D eigenvalue weighted by molar-refractivity contribution is 0.174. The number of aliphatic hydroxyl groups is 1. The van der Waals surface area contributed by atoms with Gasteiger partial charge >= 0.3 is 0 Å². The summed E-state index contributed by atoms with van der Waals surface area (Å²) >= 11 is 9.03. The van der Waals surface area contributed by atoms with Crippen molar-refractivity contribution in [3.8, 4) is 11.8 Å². The van der Waals surface area contributed by atoms with Gasteiger partial charge in [-0.1, -0.05) is 34.7 Å². The zero-order valence-electron chi connectivity index (χ0n) is 9.13. The predicted octanol–water partition coefficient (Wildman–Crippen LogP) is 3.87. The molecular formula is C13H14BrClO. The SMILES string of the molecule is CCC#Cc1ccc(Br)cc1C(O)CCCl. The first-order valence-corrected chi connectivity index (χ1v) is 6.54. The fourth-order valence-electron chi connectivity index (χ4n) is 1.37. The van der Waals surface area contributed by atoms with E-state index in [1.807, 2.05) is 25.1 Å². The van der Waals surface area contributed by atoms with Gasteiger partial charge in [0.1, 0.15) is 0 Å². The average Bonchev–Trinajstić information content (AvgIpc) is 2.27. The second kappa shape index (κ2) is 6.96. The second-order valence-electron chi connectivity index (χ2n) is 3.38. The Hall–Kier alpha value is -0.490. The lowest BCUT2D eigenvalue weighted by Gasteiger charge is -2.12. The molecule has 0 fully saturated rings. The first-order valence-electron chi connectivity index (χ1n) is 5.21. The molecule has 0 heterocycles. The van der Waals surface area contributed by atoms with Crippen molar-refractivity contribution >= 4 is 27.5 Å². The standard InChI is InChI=1S/C13H14BrClO/c1-2-3-4-10-5-6-11(14)9-12(10)13(16)7-8-15/h5-6,9,13,16H,2,7-8H2,1H3. The van der Waals surface area contributed by atoms with E-state index < -0.39 is 6.10 Å². The fraction of sp³-hybridized carbons (Fsp3) is 0.385. The number of alkyl halides is 1. The molecule has 0 spiro atoms. The van der Waals surface area contributed by atoms with Crippen LogP contribution >= 0.6 is 27.5 Å². The van der Waals surface area contributed by atoms with Crippen molar-refractivity contribution in [2.24, 2.45) is 0 Å². The van der Waals surface area contributed by atoms with Gasteiger partial charge < -0.3 is 5.11 Å². The highest BCUT2D eigenvalue weighted by Crippen LogP contribution is 2.24. The lowest BCUT2D eigenvalue weighted by Crippen LogP contribution is -2.01. The van der Waals surface area contributed by atoms with Gasteiger partial charge in [-0.2, -0.15) is 0 Å². The molecule has 1 unspecified atom stereocenters. The fourth-order valence-corrected chi connectivity index (χ4v) is 1.95. The maximum absolute atomic E-state index is 9.95. The van der Waals surface area contributed by atoms with Gasteiger partial charge in [-0.3, -0.25) is 0 Å². The van der Waals surface area contributed by atoms with E-state index in [0.29, 0.717) is 12.3 Å². The molecule has 1 nitrogen and oxygen atoms in total. The van der Waals surface area contributed by atoms with Crippen LogP contribution in [-0.4, -0.2) is 11.0 Å². The third-order valence-electron chi connectivity index (χ3n) is 2.15. The molecular weight excluding hydrogens is 287 g/mol. The minimum absolute atomic E-state index is 0.439. The summed E-state index contributed by atoms with van der Waals surface area (Å²) in [5, 5.41) is 9.95. The van der Waals surface area contributed by atoms with E-state index in [2.05, 4.69) is 27.8 Å². The zero-order chi connectivity index (χ0) is 12.0. The third-order valence-corrected chi connectivity index (χ3v) is 2.87. The van der Waals surface area contributed by atoms with Crippen LogP contribution in [0.4, 0.5) is 0 Å². The number of benzene rings is 1. The van der Waals surface area contributed by atoms with Crippen molar-refractivity contribution in [3.63, 3.8) is 0 Å². The van der Waals surface area contributed by atoms with Crippen LogP contribution in [0.1, 0.15) is 37.0 Å². The topological polar surface area (TPSA) is 20.2 Å². The molecule has 0 radical (unpaired) electrons. The van der Waals surface area contributed by atoms with Crippen LogP contribution < -0.4 is 0 Å². The van der Waals surface area contributed by atoms with Crippen molar-refractivity contribution in [2.45, 2.75) is 25.9 Å². The predicted molar refractivity (Wildman–Crippen MR) is 71.6 cm³/mol. The molecule has 0 aliphatic heterocycles. The van der Waals surface area contributed by atoms with Gasteiger partial charge in [0.2, 0.25) is 0 Å². The molecule has 0 saturated heterocycles. The van der Waals surface area contributed by atoms with Crippen LogP contribution in [0.25, 0.3) is 0 Å². The van der Waals surface area contributed by atoms with Crippen molar-refractivity contribution in [2.75, 3.05) is 5.88 Å². The Morgan fingerprint density at radius 2 is 2.25 bits per heavy atom. The Morgan fingerprint density at radius 1 is 1.50 bits per heavy atom. The molecule has 0 aromatic heterocycles. The minimum atomic E-state index is -0.545. The largest absolute Gasteiger partial charge is 0.388 e. The summed E-state index contributed by atoms with van der Waals surface area (Å²) in [5.41, 5.74) is 1.72. The first-order chi connectivity index (χ1) is 7.69. The van der Waals surface area contributed by atoms with Gasteiger partial charge in [0.15, 0.2) is 0 Å². The summed E-state index contributed by atoms with van der Waals surface area (Å²) in [4.78, 5) is 0. The summed E-state index contributed by atoms with van der Waals surface area (Å²) < 4.78 is 0.943. The smallest absolute Gasteiger partial charge is 0.0813 e. The number of aliphatic hydroxyl groups excluding tert-OH is 1. The summed E-state index contributed by atoms with van der Waals surface area (Å²) in [5.74, 6) is 6.51. The lowest BCUT2D eigenvalue weighted by atomic mass is 10.0. The quantitative estimate of drug-likeness (QED) is 0.664. The third kappa shape index (κ3) is 3.83. The molecule has 0 aliphatic carbocycles. The molecule has 1 rings (SSSR count). The maximum atomic E-state index is 9.95. The van der Waals surface area contributed by atoms with Gasteiger partial charge in [-0.05, 0) is 30.2 Å². The Labute approximate surface area is 110 Å². The molecule has 86 valence electrons. The van der Waals surface area contributed by atoms with Crippen molar-refractivity contribution in [1.82, 2.24) is 0 Å². The van der Waals surface area contributed by atoms with Crippen LogP contribution in [0, 0.1) is 11.8 Å². The highest BCUT2D eigenvalue weighted by atomic mass is 79.9. The normalized spacial score (nSPS) is 11.8. The Bertz CT molecular complexity index is 406. The number of halogens is 2. The number of hydrogen-bond acceptors (Lipinski definition) is 1. The van der Waals surface area contributed by atoms with Crippen LogP contribution in [0.2, 0.25) is 0 Å². The van der Waals surface area contributed by atoms with Gasteiger partial charge in [0.25, 0.3) is 0 Å². The molecule has 16 heavy (non-hydrogen) atoms. The van der Waals surface area contributed by atoms with E-state index in [4.69, 9.17) is 11.6 Å². The van der Waals surface area contributed by atoms with Gasteiger partial charge in [0, 0.05) is 22.3 Å².